The van der Waals surface area contributed by atoms with Crippen molar-refractivity contribution in [3.05, 3.63) is 12.4 Å². The number of quaternary nitrogens is 1. The molecule has 0 bridgehead atoms. The Kier molecular flexibility index (Phi) is 2.22. The molecule has 10 heavy (non-hydrogen) atoms. The van der Waals surface area contributed by atoms with Crippen LogP contribution in [0.4, 0.5) is 0 Å². The highest BCUT2D eigenvalue weighted by atomic mass is 15.3. The van der Waals surface area contributed by atoms with E-state index in [9.17, 15) is 0 Å². The second kappa shape index (κ2) is 2.97. The van der Waals surface area contributed by atoms with E-state index in [2.05, 4.69) is 25.2 Å². The molecule has 0 amide bonds. The molecular formula is C8H15N2+. The first-order valence-electron chi connectivity index (χ1n) is 3.80. The molecule has 0 aliphatic carbocycles. The van der Waals surface area contributed by atoms with Gasteiger partial charge < -0.3 is 0 Å². The quantitative estimate of drug-likeness (QED) is 0.513. The average molecular weight is 139 g/mol. The number of hydrogen-bond acceptors (Lipinski definition) is 1. The minimum atomic E-state index is 1.01. The predicted molar refractivity (Wildman–Crippen MR) is 43.8 cm³/mol. The molecule has 0 fully saturated rings. The van der Waals surface area contributed by atoms with Gasteiger partial charge in [0.25, 0.3) is 0 Å². The van der Waals surface area contributed by atoms with E-state index in [1.54, 1.807) is 0 Å². The van der Waals surface area contributed by atoms with Crippen molar-refractivity contribution in [3.63, 3.8) is 0 Å². The fourth-order valence-corrected chi connectivity index (χ4v) is 1.23. The van der Waals surface area contributed by atoms with Crippen LogP contribution in [0.3, 0.4) is 0 Å². The van der Waals surface area contributed by atoms with Crippen LogP contribution in [0.25, 0.3) is 0 Å². The summed E-state index contributed by atoms with van der Waals surface area (Å²) in [6.07, 6.45) is 7.26. The molecule has 0 radical (unpaired) electrons. The maximum Gasteiger partial charge on any atom is 0.119 e. The Morgan fingerprint density at radius 1 is 1.60 bits per heavy atom. The van der Waals surface area contributed by atoms with Crippen molar-refractivity contribution < 1.29 is 4.48 Å². The highest BCUT2D eigenvalue weighted by Crippen LogP contribution is 2.06. The van der Waals surface area contributed by atoms with E-state index in [0.717, 1.165) is 11.0 Å². The van der Waals surface area contributed by atoms with Crippen LogP contribution in [-0.2, 0) is 0 Å². The van der Waals surface area contributed by atoms with Crippen molar-refractivity contribution in [2.75, 3.05) is 20.1 Å². The number of nitrogens with zero attached hydrogens (tertiary/aromatic N) is 2. The van der Waals surface area contributed by atoms with E-state index in [1.807, 2.05) is 12.4 Å². The standard InChI is InChI=1S/C8H15N2/c1-3-6-10(2)7-4-9-5-8-10/h4-5,7H,3,6,8H2,1-2H3/q+1. The number of hydrogen-bond donors (Lipinski definition) is 0. The third kappa shape index (κ3) is 1.67. The van der Waals surface area contributed by atoms with Gasteiger partial charge in [0.1, 0.15) is 12.7 Å². The Morgan fingerprint density at radius 3 is 2.90 bits per heavy atom. The van der Waals surface area contributed by atoms with E-state index < -0.39 is 0 Å². The maximum absolute atomic E-state index is 4.03. The summed E-state index contributed by atoms with van der Waals surface area (Å²) < 4.78 is 1.01. The Hall–Kier alpha value is -0.630. The van der Waals surface area contributed by atoms with Crippen LogP contribution in [0, 0.1) is 0 Å². The van der Waals surface area contributed by atoms with Gasteiger partial charge in [0.2, 0.25) is 0 Å². The van der Waals surface area contributed by atoms with Gasteiger partial charge in [0.05, 0.1) is 26.0 Å². The molecule has 0 spiro atoms. The maximum atomic E-state index is 4.03. The second-order valence-corrected chi connectivity index (χ2v) is 3.02. The minimum Gasteiger partial charge on any atom is -0.294 e. The lowest BCUT2D eigenvalue weighted by Crippen LogP contribution is -2.41. The topological polar surface area (TPSA) is 12.4 Å². The first-order chi connectivity index (χ1) is 4.77. The van der Waals surface area contributed by atoms with Crippen LogP contribution in [0.1, 0.15) is 13.3 Å². The van der Waals surface area contributed by atoms with Gasteiger partial charge >= 0.3 is 0 Å². The van der Waals surface area contributed by atoms with Crippen molar-refractivity contribution >= 4 is 6.21 Å². The first-order valence-corrected chi connectivity index (χ1v) is 3.80. The largest absolute Gasteiger partial charge is 0.294 e. The van der Waals surface area contributed by atoms with Gasteiger partial charge in [-0.1, -0.05) is 6.92 Å². The lowest BCUT2D eigenvalue weighted by Gasteiger charge is -2.29. The van der Waals surface area contributed by atoms with E-state index in [0.29, 0.717) is 0 Å². The van der Waals surface area contributed by atoms with Crippen molar-refractivity contribution in [3.8, 4) is 0 Å². The van der Waals surface area contributed by atoms with Crippen molar-refractivity contribution in [2.24, 2.45) is 4.99 Å². The molecule has 0 saturated heterocycles. The summed E-state index contributed by atoms with van der Waals surface area (Å²) in [5, 5.41) is 0. The summed E-state index contributed by atoms with van der Waals surface area (Å²) in [7, 11) is 2.23. The van der Waals surface area contributed by atoms with Gasteiger partial charge in [-0.15, -0.1) is 0 Å². The van der Waals surface area contributed by atoms with Gasteiger partial charge in [-0.2, -0.15) is 0 Å². The summed E-state index contributed by atoms with van der Waals surface area (Å²) in [4.78, 5) is 4.03. The fraction of sp³-hybridized carbons (Fsp3) is 0.625. The monoisotopic (exact) mass is 139 g/mol. The summed E-state index contributed by atoms with van der Waals surface area (Å²) in [6.45, 7) is 4.47. The summed E-state index contributed by atoms with van der Waals surface area (Å²) >= 11 is 0. The molecule has 1 heterocycles. The molecule has 0 aromatic heterocycles. The molecule has 0 N–H and O–H groups in total. The zero-order chi connectivity index (χ0) is 7.45. The minimum absolute atomic E-state index is 1.01. The van der Waals surface area contributed by atoms with E-state index in [-0.39, 0.29) is 0 Å². The van der Waals surface area contributed by atoms with Crippen LogP contribution >= 0.6 is 0 Å². The Labute approximate surface area is 62.5 Å². The molecule has 2 nitrogen and oxygen atoms in total. The normalized spacial score (nSPS) is 31.0. The van der Waals surface area contributed by atoms with Gasteiger partial charge in [0.15, 0.2) is 0 Å². The Balaban J connectivity index is 2.52. The highest BCUT2D eigenvalue weighted by Gasteiger charge is 2.16. The van der Waals surface area contributed by atoms with Crippen LogP contribution in [0.5, 0.6) is 0 Å². The molecule has 1 aliphatic rings. The van der Waals surface area contributed by atoms with E-state index >= 15 is 0 Å². The van der Waals surface area contributed by atoms with Crippen molar-refractivity contribution in [1.82, 2.24) is 0 Å². The van der Waals surface area contributed by atoms with E-state index in [1.165, 1.54) is 13.0 Å². The van der Waals surface area contributed by atoms with Crippen LogP contribution in [-0.4, -0.2) is 30.8 Å². The second-order valence-electron chi connectivity index (χ2n) is 3.02. The third-order valence-corrected chi connectivity index (χ3v) is 1.85. The van der Waals surface area contributed by atoms with Crippen molar-refractivity contribution in [2.45, 2.75) is 13.3 Å². The van der Waals surface area contributed by atoms with Gasteiger partial charge in [0, 0.05) is 0 Å². The molecule has 1 atom stereocenters. The Bertz CT molecular complexity index is 161. The highest BCUT2D eigenvalue weighted by molar-refractivity contribution is 5.60. The molecule has 1 aliphatic heterocycles. The molecule has 56 valence electrons. The molecule has 0 saturated carbocycles. The van der Waals surface area contributed by atoms with E-state index in [4.69, 9.17) is 0 Å². The lowest BCUT2D eigenvalue weighted by atomic mass is 10.3. The van der Waals surface area contributed by atoms with Gasteiger partial charge in [-0.3, -0.25) is 9.48 Å². The molecule has 0 aromatic rings. The van der Waals surface area contributed by atoms with Crippen LogP contribution in [0.15, 0.2) is 17.4 Å². The molecule has 0 aromatic carbocycles. The van der Waals surface area contributed by atoms with Crippen LogP contribution in [0.2, 0.25) is 0 Å². The summed E-state index contributed by atoms with van der Waals surface area (Å²) in [5.41, 5.74) is 0. The Morgan fingerprint density at radius 2 is 2.40 bits per heavy atom. The van der Waals surface area contributed by atoms with Crippen LogP contribution < -0.4 is 0 Å². The summed E-state index contributed by atoms with van der Waals surface area (Å²) in [6, 6.07) is 0. The zero-order valence-electron chi connectivity index (χ0n) is 6.75. The molecular weight excluding hydrogens is 124 g/mol. The number of rotatable bonds is 2. The van der Waals surface area contributed by atoms with Gasteiger partial charge in [-0.05, 0) is 6.42 Å². The summed E-state index contributed by atoms with van der Waals surface area (Å²) in [5.74, 6) is 0. The lowest BCUT2D eigenvalue weighted by molar-refractivity contribution is -0.850. The third-order valence-electron chi connectivity index (χ3n) is 1.85. The SMILES string of the molecule is CCC[N+]1(C)C=CN=CC1. The molecule has 2 heteroatoms. The predicted octanol–water partition coefficient (Wildman–Crippen LogP) is 1.40. The van der Waals surface area contributed by atoms with Gasteiger partial charge in [-0.25, -0.2) is 0 Å². The average Bonchev–Trinajstić information content (AvgIpc) is 1.89. The molecule has 1 unspecified atom stereocenters. The van der Waals surface area contributed by atoms with Crippen molar-refractivity contribution in [1.29, 1.82) is 0 Å². The first kappa shape index (κ1) is 7.48. The molecule has 1 rings (SSSR count). The zero-order valence-corrected chi connectivity index (χ0v) is 6.75. The smallest absolute Gasteiger partial charge is 0.119 e. The number of aliphatic imine (C=N–C) groups is 1. The fourth-order valence-electron chi connectivity index (χ4n) is 1.23.